The highest BCUT2D eigenvalue weighted by Gasteiger charge is 2.39. The number of hydrogen-bond donors (Lipinski definition) is 0. The summed E-state index contributed by atoms with van der Waals surface area (Å²) in [5, 5.41) is 0. The molecule has 1 nitrogen and oxygen atoms in total. The van der Waals surface area contributed by atoms with Gasteiger partial charge in [-0.1, -0.05) is 58.5 Å². The summed E-state index contributed by atoms with van der Waals surface area (Å²) in [6.45, 7) is 9.14. The molecule has 0 radical (unpaired) electrons. The van der Waals surface area contributed by atoms with Crippen LogP contribution in [0.3, 0.4) is 0 Å². The Kier molecular flexibility index (Phi) is 5.46. The molecule has 118 valence electrons. The van der Waals surface area contributed by atoms with E-state index in [0.29, 0.717) is 16.2 Å². The molecule has 1 saturated carbocycles. The number of ether oxygens (including phenoxy) is 1. The largest absolute Gasteiger partial charge is 0.496 e. The summed E-state index contributed by atoms with van der Waals surface area (Å²) < 4.78 is 6.92. The minimum absolute atomic E-state index is 0.346. The van der Waals surface area contributed by atoms with Gasteiger partial charge < -0.3 is 4.74 Å². The molecule has 0 bridgehead atoms. The first-order valence-corrected chi connectivity index (χ1v) is 9.48. The van der Waals surface area contributed by atoms with Gasteiger partial charge >= 0.3 is 0 Å². The molecule has 2 atom stereocenters. The van der Waals surface area contributed by atoms with Gasteiger partial charge in [0.15, 0.2) is 0 Å². The van der Waals surface area contributed by atoms with Crippen LogP contribution in [-0.2, 0) is 0 Å². The van der Waals surface area contributed by atoms with E-state index in [-0.39, 0.29) is 0 Å². The van der Waals surface area contributed by atoms with E-state index in [2.05, 4.69) is 65.6 Å². The number of alkyl halides is 1. The van der Waals surface area contributed by atoms with Gasteiger partial charge in [-0.05, 0) is 55.2 Å². The second-order valence-electron chi connectivity index (χ2n) is 6.99. The zero-order chi connectivity index (χ0) is 15.8. The summed E-state index contributed by atoms with van der Waals surface area (Å²) in [6.07, 6.45) is 5.30. The molecule has 2 unspecified atom stereocenters. The SMILES string of the molecule is COc1c(C)cc(Br)c(C)c1C(Br)C1CCCCC1(C)C. The predicted octanol–water partition coefficient (Wildman–Crippen LogP) is 6.73. The van der Waals surface area contributed by atoms with E-state index in [4.69, 9.17) is 4.74 Å². The van der Waals surface area contributed by atoms with Crippen molar-refractivity contribution in [3.05, 3.63) is 27.2 Å². The molecule has 1 aromatic carbocycles. The van der Waals surface area contributed by atoms with Crippen molar-refractivity contribution in [3.8, 4) is 5.75 Å². The van der Waals surface area contributed by atoms with Crippen LogP contribution in [0.25, 0.3) is 0 Å². The fourth-order valence-corrected chi connectivity index (χ4v) is 5.83. The number of benzene rings is 1. The Morgan fingerprint density at radius 3 is 2.52 bits per heavy atom. The maximum atomic E-state index is 5.74. The molecule has 0 N–H and O–H groups in total. The van der Waals surface area contributed by atoms with Crippen molar-refractivity contribution in [2.24, 2.45) is 11.3 Å². The van der Waals surface area contributed by atoms with Gasteiger partial charge in [0.1, 0.15) is 5.75 Å². The fraction of sp³-hybridized carbons (Fsp3) is 0.667. The van der Waals surface area contributed by atoms with E-state index in [1.807, 2.05) is 0 Å². The van der Waals surface area contributed by atoms with Crippen LogP contribution in [0.4, 0.5) is 0 Å². The van der Waals surface area contributed by atoms with Crippen LogP contribution in [-0.4, -0.2) is 7.11 Å². The lowest BCUT2D eigenvalue weighted by atomic mass is 9.66. The van der Waals surface area contributed by atoms with Crippen LogP contribution in [0, 0.1) is 25.2 Å². The second kappa shape index (κ2) is 6.62. The van der Waals surface area contributed by atoms with Crippen molar-refractivity contribution >= 4 is 31.9 Å². The molecule has 1 aliphatic carbocycles. The van der Waals surface area contributed by atoms with Crippen LogP contribution < -0.4 is 4.74 Å². The fourth-order valence-electron chi connectivity index (χ4n) is 3.74. The summed E-state index contributed by atoms with van der Waals surface area (Å²) in [4.78, 5) is 0.346. The number of rotatable bonds is 3. The average molecular weight is 418 g/mol. The van der Waals surface area contributed by atoms with Gasteiger partial charge in [0.25, 0.3) is 0 Å². The van der Waals surface area contributed by atoms with Crippen LogP contribution in [0.15, 0.2) is 10.5 Å². The lowest BCUT2D eigenvalue weighted by molar-refractivity contribution is 0.135. The van der Waals surface area contributed by atoms with Crippen molar-refractivity contribution < 1.29 is 4.74 Å². The van der Waals surface area contributed by atoms with Crippen LogP contribution in [0.5, 0.6) is 5.75 Å². The molecule has 2 rings (SSSR count). The topological polar surface area (TPSA) is 9.23 Å². The summed E-state index contributed by atoms with van der Waals surface area (Å²) in [5.74, 6) is 1.69. The normalized spacial score (nSPS) is 22.9. The van der Waals surface area contributed by atoms with Crippen LogP contribution in [0.1, 0.15) is 61.0 Å². The average Bonchev–Trinajstić information content (AvgIpc) is 2.41. The van der Waals surface area contributed by atoms with Crippen LogP contribution >= 0.6 is 31.9 Å². The maximum absolute atomic E-state index is 5.74. The van der Waals surface area contributed by atoms with E-state index in [0.717, 1.165) is 5.75 Å². The number of methoxy groups -OCH3 is 1. The molecule has 0 saturated heterocycles. The maximum Gasteiger partial charge on any atom is 0.126 e. The zero-order valence-corrected chi connectivity index (χ0v) is 16.9. The molecular formula is C18H26Br2O. The molecule has 1 aromatic rings. The van der Waals surface area contributed by atoms with E-state index >= 15 is 0 Å². The van der Waals surface area contributed by atoms with Gasteiger partial charge in [0, 0.05) is 14.9 Å². The predicted molar refractivity (Wildman–Crippen MR) is 97.6 cm³/mol. The van der Waals surface area contributed by atoms with Crippen molar-refractivity contribution in [1.29, 1.82) is 0 Å². The van der Waals surface area contributed by atoms with E-state index in [1.54, 1.807) is 7.11 Å². The highest BCUT2D eigenvalue weighted by Crippen LogP contribution is 2.53. The first-order valence-electron chi connectivity index (χ1n) is 7.77. The van der Waals surface area contributed by atoms with Gasteiger partial charge in [-0.25, -0.2) is 0 Å². The molecule has 0 aromatic heterocycles. The van der Waals surface area contributed by atoms with Crippen molar-refractivity contribution in [2.75, 3.05) is 7.11 Å². The summed E-state index contributed by atoms with van der Waals surface area (Å²) in [6, 6.07) is 2.16. The van der Waals surface area contributed by atoms with E-state index in [9.17, 15) is 0 Å². The van der Waals surface area contributed by atoms with Crippen molar-refractivity contribution in [3.63, 3.8) is 0 Å². The molecule has 0 amide bonds. The Labute approximate surface area is 146 Å². The highest BCUT2D eigenvalue weighted by atomic mass is 79.9. The molecule has 1 fully saturated rings. The Bertz CT molecular complexity index is 522. The molecule has 0 heterocycles. The van der Waals surface area contributed by atoms with Crippen molar-refractivity contribution in [2.45, 2.75) is 58.2 Å². The van der Waals surface area contributed by atoms with Crippen molar-refractivity contribution in [1.82, 2.24) is 0 Å². The molecular weight excluding hydrogens is 392 g/mol. The third-order valence-electron chi connectivity index (χ3n) is 5.13. The molecule has 1 aliphatic rings. The summed E-state index contributed by atoms with van der Waals surface area (Å²) in [7, 11) is 1.78. The Hall–Kier alpha value is -0.0200. The lowest BCUT2D eigenvalue weighted by Gasteiger charge is -2.42. The molecule has 0 aliphatic heterocycles. The van der Waals surface area contributed by atoms with E-state index < -0.39 is 0 Å². The van der Waals surface area contributed by atoms with Gasteiger partial charge in [-0.15, -0.1) is 0 Å². The number of hydrogen-bond acceptors (Lipinski definition) is 1. The first-order chi connectivity index (χ1) is 9.79. The number of aryl methyl sites for hydroxylation is 1. The summed E-state index contributed by atoms with van der Waals surface area (Å²) >= 11 is 7.74. The smallest absolute Gasteiger partial charge is 0.126 e. The standard InChI is InChI=1S/C18H26Br2O/c1-11-10-14(19)12(2)15(17(11)21-5)16(20)13-8-6-7-9-18(13,3)4/h10,13,16H,6-9H2,1-5H3. The monoisotopic (exact) mass is 416 g/mol. The van der Waals surface area contributed by atoms with Gasteiger partial charge in [-0.3, -0.25) is 0 Å². The third-order valence-corrected chi connectivity index (χ3v) is 7.05. The van der Waals surface area contributed by atoms with Gasteiger partial charge in [-0.2, -0.15) is 0 Å². The molecule has 0 spiro atoms. The minimum atomic E-state index is 0.346. The Morgan fingerprint density at radius 2 is 1.95 bits per heavy atom. The first kappa shape index (κ1) is 17.3. The number of halogens is 2. The lowest BCUT2D eigenvalue weighted by Crippen LogP contribution is -2.31. The molecule has 3 heteroatoms. The Morgan fingerprint density at radius 1 is 1.29 bits per heavy atom. The quantitative estimate of drug-likeness (QED) is 0.495. The zero-order valence-electron chi connectivity index (χ0n) is 13.7. The van der Waals surface area contributed by atoms with Gasteiger partial charge in [0.2, 0.25) is 0 Å². The highest BCUT2D eigenvalue weighted by molar-refractivity contribution is 9.10. The second-order valence-corrected chi connectivity index (χ2v) is 8.83. The third kappa shape index (κ3) is 3.34. The molecule has 21 heavy (non-hydrogen) atoms. The minimum Gasteiger partial charge on any atom is -0.496 e. The summed E-state index contributed by atoms with van der Waals surface area (Å²) in [5.41, 5.74) is 4.19. The Balaban J connectivity index is 2.50. The van der Waals surface area contributed by atoms with E-state index in [1.165, 1.54) is 46.8 Å². The van der Waals surface area contributed by atoms with Gasteiger partial charge in [0.05, 0.1) is 7.11 Å². The van der Waals surface area contributed by atoms with Crippen LogP contribution in [0.2, 0.25) is 0 Å².